The van der Waals surface area contributed by atoms with Gasteiger partial charge in [0.05, 0.1) is 12.6 Å². The Morgan fingerprint density at radius 2 is 1.32 bits per heavy atom. The molecule has 0 aliphatic carbocycles. The molecule has 0 amide bonds. The number of halogens is 1. The van der Waals surface area contributed by atoms with Gasteiger partial charge in [-0.15, -0.1) is 22.7 Å². The van der Waals surface area contributed by atoms with Gasteiger partial charge in [0, 0.05) is 10.4 Å². The summed E-state index contributed by atoms with van der Waals surface area (Å²) >= 11 is 6.40. The highest BCUT2D eigenvalue weighted by Gasteiger charge is 2.43. The first kappa shape index (κ1) is 28.5. The fourth-order valence-corrected chi connectivity index (χ4v) is 8.39. The van der Waals surface area contributed by atoms with E-state index < -0.39 is 0 Å². The molecule has 0 aromatic carbocycles. The second-order valence-corrected chi connectivity index (χ2v) is 16.1. The summed E-state index contributed by atoms with van der Waals surface area (Å²) in [6.45, 7) is 16.5. The van der Waals surface area contributed by atoms with Crippen molar-refractivity contribution < 1.29 is 4.74 Å². The summed E-state index contributed by atoms with van der Waals surface area (Å²) in [6, 6.07) is 4.74. The van der Waals surface area contributed by atoms with Gasteiger partial charge in [-0.3, -0.25) is 0 Å². The maximum absolute atomic E-state index is 7.08. The molecule has 0 bridgehead atoms. The Hall–Kier alpha value is -0.0700. The second kappa shape index (κ2) is 12.9. The molecule has 34 heavy (non-hydrogen) atoms. The van der Waals surface area contributed by atoms with E-state index in [0.29, 0.717) is 0 Å². The maximum atomic E-state index is 7.08. The summed E-state index contributed by atoms with van der Waals surface area (Å²) in [5, 5.41) is 0. The monoisotopic (exact) mass is 614 g/mol. The van der Waals surface area contributed by atoms with Crippen molar-refractivity contribution in [2.45, 2.75) is 118 Å². The summed E-state index contributed by atoms with van der Waals surface area (Å²) < 4.78 is 8.47. The topological polar surface area (TPSA) is 9.23 Å². The minimum absolute atomic E-state index is 0.158. The van der Waals surface area contributed by atoms with E-state index in [1.165, 1.54) is 74.4 Å². The van der Waals surface area contributed by atoms with Crippen molar-refractivity contribution >= 4 is 45.3 Å². The van der Waals surface area contributed by atoms with Crippen molar-refractivity contribution in [2.24, 2.45) is 23.7 Å². The van der Waals surface area contributed by atoms with Crippen molar-refractivity contribution in [1.29, 1.82) is 0 Å². The molecule has 0 N–H and O–H groups in total. The smallest absolute Gasteiger partial charge is 0.140 e. The van der Waals surface area contributed by atoms with Gasteiger partial charge in [-0.05, 0) is 91.0 Å². The standard InChI is InChI=1S/C30H47IOS2/c1-20(2)10-8-12-22(5)14-16-30(17-15-23(6)13-9-11-21(3)4)25-19-27(31)34-28(25)29-26(32-30)18-24(7)33-29/h18-23H,8-17H2,1-7H3. The van der Waals surface area contributed by atoms with Crippen LogP contribution in [0.3, 0.4) is 0 Å². The first-order chi connectivity index (χ1) is 16.1. The molecule has 3 rings (SSSR count). The molecule has 2 unspecified atom stereocenters. The van der Waals surface area contributed by atoms with Crippen molar-refractivity contribution in [3.63, 3.8) is 0 Å². The van der Waals surface area contributed by atoms with Crippen LogP contribution in [-0.2, 0) is 5.60 Å². The lowest BCUT2D eigenvalue weighted by Crippen LogP contribution is -2.36. The number of rotatable bonds is 14. The Kier molecular flexibility index (Phi) is 10.8. The summed E-state index contributed by atoms with van der Waals surface area (Å²) in [6.07, 6.45) is 12.9. The number of ether oxygens (including phenoxy) is 1. The van der Waals surface area contributed by atoms with Crippen LogP contribution in [0.5, 0.6) is 5.75 Å². The highest BCUT2D eigenvalue weighted by atomic mass is 127. The van der Waals surface area contributed by atoms with Crippen molar-refractivity contribution in [3.8, 4) is 15.5 Å². The van der Waals surface area contributed by atoms with Gasteiger partial charge in [0.25, 0.3) is 0 Å². The minimum Gasteiger partial charge on any atom is -0.481 e. The van der Waals surface area contributed by atoms with Gasteiger partial charge in [-0.1, -0.05) is 80.1 Å². The van der Waals surface area contributed by atoms with Crippen LogP contribution in [0.1, 0.15) is 116 Å². The van der Waals surface area contributed by atoms with E-state index in [-0.39, 0.29) is 5.60 Å². The van der Waals surface area contributed by atoms with E-state index in [1.807, 2.05) is 22.7 Å². The van der Waals surface area contributed by atoms with E-state index in [2.05, 4.69) is 83.2 Å². The first-order valence-corrected chi connectivity index (χ1v) is 16.4. The molecule has 3 heterocycles. The van der Waals surface area contributed by atoms with Crippen LogP contribution in [0.25, 0.3) is 9.75 Å². The van der Waals surface area contributed by atoms with E-state index in [9.17, 15) is 0 Å². The van der Waals surface area contributed by atoms with E-state index in [0.717, 1.165) is 42.3 Å². The number of fused-ring (bicyclic) bond motifs is 3. The molecule has 0 fully saturated rings. The van der Waals surface area contributed by atoms with Crippen molar-refractivity contribution in [2.75, 3.05) is 0 Å². The SMILES string of the molecule is Cc1cc2c(s1)-c1sc(I)cc1C(CCC(C)CCCC(C)C)(CCC(C)CCCC(C)C)O2. The van der Waals surface area contributed by atoms with Crippen molar-refractivity contribution in [1.82, 2.24) is 0 Å². The summed E-state index contributed by atoms with van der Waals surface area (Å²) in [4.78, 5) is 4.22. The lowest BCUT2D eigenvalue weighted by molar-refractivity contribution is 0.0323. The molecule has 1 nitrogen and oxygen atoms in total. The molecular weight excluding hydrogens is 567 g/mol. The fourth-order valence-electron chi connectivity index (χ4n) is 5.35. The first-order valence-electron chi connectivity index (χ1n) is 13.7. The van der Waals surface area contributed by atoms with Crippen LogP contribution in [0, 0.1) is 33.5 Å². The third-order valence-electron chi connectivity index (χ3n) is 7.56. The Labute approximate surface area is 231 Å². The third-order valence-corrected chi connectivity index (χ3v) is 10.7. The van der Waals surface area contributed by atoms with E-state index in [4.69, 9.17) is 4.74 Å². The molecule has 4 heteroatoms. The molecule has 2 aromatic heterocycles. The average Bonchev–Trinajstić information content (AvgIpc) is 3.32. The molecule has 0 spiro atoms. The highest BCUT2D eigenvalue weighted by Crippen LogP contribution is 2.56. The zero-order chi connectivity index (χ0) is 24.9. The Bertz CT molecular complexity index is 870. The highest BCUT2D eigenvalue weighted by molar-refractivity contribution is 14.1. The van der Waals surface area contributed by atoms with Crippen LogP contribution in [0.15, 0.2) is 12.1 Å². The normalized spacial score (nSPS) is 19.2. The van der Waals surface area contributed by atoms with Gasteiger partial charge in [0.2, 0.25) is 0 Å². The Balaban J connectivity index is 1.78. The van der Waals surface area contributed by atoms with Crippen LogP contribution in [0.2, 0.25) is 0 Å². The van der Waals surface area contributed by atoms with Gasteiger partial charge < -0.3 is 4.74 Å². The molecule has 192 valence electrons. The van der Waals surface area contributed by atoms with Crippen LogP contribution in [-0.4, -0.2) is 0 Å². The number of hydrogen-bond acceptors (Lipinski definition) is 3. The third kappa shape index (κ3) is 7.71. The predicted molar refractivity (Wildman–Crippen MR) is 162 cm³/mol. The molecule has 1 aliphatic rings. The summed E-state index contributed by atoms with van der Waals surface area (Å²) in [5.74, 6) is 4.29. The van der Waals surface area contributed by atoms with Gasteiger partial charge in [0.1, 0.15) is 11.4 Å². The van der Waals surface area contributed by atoms with E-state index >= 15 is 0 Å². The summed E-state index contributed by atoms with van der Waals surface area (Å²) in [5.41, 5.74) is 1.33. The number of hydrogen-bond donors (Lipinski definition) is 0. The zero-order valence-corrected chi connectivity index (χ0v) is 26.4. The number of thiophene rings is 2. The van der Waals surface area contributed by atoms with Gasteiger partial charge in [0.15, 0.2) is 0 Å². The van der Waals surface area contributed by atoms with Gasteiger partial charge in [-0.25, -0.2) is 0 Å². The zero-order valence-electron chi connectivity index (χ0n) is 22.6. The Morgan fingerprint density at radius 3 is 1.85 bits per heavy atom. The molecule has 2 atom stereocenters. The van der Waals surface area contributed by atoms with Crippen LogP contribution < -0.4 is 4.74 Å². The number of aryl methyl sites for hydroxylation is 1. The quantitative estimate of drug-likeness (QED) is 0.192. The lowest BCUT2D eigenvalue weighted by atomic mass is 9.78. The predicted octanol–water partition coefficient (Wildman–Crippen LogP) is 11.5. The molecule has 0 saturated carbocycles. The van der Waals surface area contributed by atoms with Crippen LogP contribution in [0.4, 0.5) is 0 Å². The molecule has 0 saturated heterocycles. The molecule has 2 aromatic rings. The van der Waals surface area contributed by atoms with Crippen molar-refractivity contribution in [3.05, 3.63) is 25.5 Å². The minimum atomic E-state index is -0.158. The van der Waals surface area contributed by atoms with Crippen LogP contribution >= 0.6 is 45.3 Å². The molecular formula is C30H47IOS2. The Morgan fingerprint density at radius 1 is 0.765 bits per heavy atom. The van der Waals surface area contributed by atoms with Gasteiger partial charge >= 0.3 is 0 Å². The van der Waals surface area contributed by atoms with Gasteiger partial charge in [-0.2, -0.15) is 0 Å². The molecule has 1 aliphatic heterocycles. The second-order valence-electron chi connectivity index (χ2n) is 11.9. The fraction of sp³-hybridized carbons (Fsp3) is 0.733. The summed E-state index contributed by atoms with van der Waals surface area (Å²) in [7, 11) is 0. The maximum Gasteiger partial charge on any atom is 0.140 e. The largest absolute Gasteiger partial charge is 0.481 e. The van der Waals surface area contributed by atoms with E-state index in [1.54, 1.807) is 0 Å². The molecule has 0 radical (unpaired) electrons. The lowest BCUT2D eigenvalue weighted by Gasteiger charge is -2.39. The average molecular weight is 615 g/mol.